The number of hydrogen-bond acceptors (Lipinski definition) is 3. The van der Waals surface area contributed by atoms with E-state index in [4.69, 9.17) is 11.1 Å². The highest BCUT2D eigenvalue weighted by atomic mass is 16.5. The van der Waals surface area contributed by atoms with E-state index < -0.39 is 5.54 Å². The molecule has 10 heavy (non-hydrogen) atoms. The van der Waals surface area contributed by atoms with Gasteiger partial charge in [0, 0.05) is 0 Å². The summed E-state index contributed by atoms with van der Waals surface area (Å²) in [6.45, 7) is 3.21. The Kier molecular flexibility index (Phi) is 1.19. The molecule has 5 heteroatoms. The Morgan fingerprint density at radius 1 is 1.70 bits per heavy atom. The fourth-order valence-corrected chi connectivity index (χ4v) is 0.679. The van der Waals surface area contributed by atoms with Gasteiger partial charge in [-0.3, -0.25) is 5.41 Å². The van der Waals surface area contributed by atoms with Crippen molar-refractivity contribution in [3.05, 3.63) is 0 Å². The Hall–Kier alpha value is -1.10. The first-order valence-electron chi connectivity index (χ1n) is 2.87. The Morgan fingerprint density at radius 2 is 2.20 bits per heavy atom. The van der Waals surface area contributed by atoms with Gasteiger partial charge < -0.3 is 5.73 Å². The highest BCUT2D eigenvalue weighted by molar-refractivity contribution is 6.05. The minimum atomic E-state index is -0.885. The number of hydroxylamine groups is 2. The van der Waals surface area contributed by atoms with E-state index in [9.17, 15) is 5.21 Å². The number of hydrogen-bond donors (Lipinski definition) is 2. The van der Waals surface area contributed by atoms with Gasteiger partial charge in [0.2, 0.25) is 5.96 Å². The second-order valence-electron chi connectivity index (χ2n) is 2.67. The van der Waals surface area contributed by atoms with E-state index >= 15 is 0 Å². The zero-order valence-corrected chi connectivity index (χ0v) is 5.88. The van der Waals surface area contributed by atoms with Crippen LogP contribution < -0.4 is 5.73 Å². The number of nitrogens with two attached hydrogens (primary N) is 1. The maximum Gasteiger partial charge on any atom is 0.225 e. The largest absolute Gasteiger partial charge is 0.368 e. The maximum atomic E-state index is 11.0. The standard InChI is InChI=1S/C5H9N4O/c1-5(2)3(6)8-4(7)9(5)10/h1-2H3,(H3,6,7,8). The summed E-state index contributed by atoms with van der Waals surface area (Å²) in [6, 6.07) is 0. The van der Waals surface area contributed by atoms with Gasteiger partial charge in [0.05, 0.1) is 0 Å². The minimum absolute atomic E-state index is 0.0139. The molecule has 3 N–H and O–H groups in total. The van der Waals surface area contributed by atoms with E-state index in [-0.39, 0.29) is 11.8 Å². The lowest BCUT2D eigenvalue weighted by Gasteiger charge is -2.22. The SMILES string of the molecule is CC1(C)C(=N)N=C(N)N1[O]. The molecule has 1 aliphatic rings. The zero-order chi connectivity index (χ0) is 7.94. The molecule has 0 aromatic carbocycles. The molecule has 0 bridgehead atoms. The highest BCUT2D eigenvalue weighted by Crippen LogP contribution is 2.19. The van der Waals surface area contributed by atoms with Crippen LogP contribution in [0.3, 0.4) is 0 Å². The Morgan fingerprint density at radius 3 is 2.30 bits per heavy atom. The first kappa shape index (κ1) is 7.01. The molecule has 0 saturated heterocycles. The van der Waals surface area contributed by atoms with Crippen molar-refractivity contribution in [2.75, 3.05) is 0 Å². The summed E-state index contributed by atoms with van der Waals surface area (Å²) in [5.41, 5.74) is 4.28. The fourth-order valence-electron chi connectivity index (χ4n) is 0.679. The average Bonchev–Trinajstić information content (AvgIpc) is 1.97. The molecule has 0 spiro atoms. The average molecular weight is 141 g/mol. The molecule has 0 unspecified atom stereocenters. The van der Waals surface area contributed by atoms with Crippen molar-refractivity contribution in [1.29, 1.82) is 5.41 Å². The van der Waals surface area contributed by atoms with Crippen LogP contribution >= 0.6 is 0 Å². The van der Waals surface area contributed by atoms with Crippen LogP contribution in [0.15, 0.2) is 4.99 Å². The molecule has 1 aliphatic heterocycles. The molecule has 0 aliphatic carbocycles. The molecule has 55 valence electrons. The van der Waals surface area contributed by atoms with Crippen LogP contribution in [0.5, 0.6) is 0 Å². The lowest BCUT2D eigenvalue weighted by atomic mass is 10.1. The number of nitrogens with zero attached hydrogens (tertiary/aromatic N) is 2. The first-order chi connectivity index (χ1) is 4.46. The van der Waals surface area contributed by atoms with E-state index in [1.54, 1.807) is 13.8 Å². The van der Waals surface area contributed by atoms with Gasteiger partial charge in [0.15, 0.2) is 5.84 Å². The second-order valence-corrected chi connectivity index (χ2v) is 2.67. The first-order valence-corrected chi connectivity index (χ1v) is 2.87. The van der Waals surface area contributed by atoms with Crippen LogP contribution in [0.2, 0.25) is 0 Å². The number of aliphatic imine (C=N–C) groups is 1. The third kappa shape index (κ3) is 0.672. The van der Waals surface area contributed by atoms with Gasteiger partial charge in [-0.2, -0.15) is 10.1 Å². The summed E-state index contributed by atoms with van der Waals surface area (Å²) in [5.74, 6) is -0.116. The van der Waals surface area contributed by atoms with Gasteiger partial charge in [-0.25, -0.2) is 0 Å². The van der Waals surface area contributed by atoms with E-state index in [2.05, 4.69) is 4.99 Å². The molecule has 0 aromatic rings. The summed E-state index contributed by atoms with van der Waals surface area (Å²) >= 11 is 0. The Labute approximate surface area is 58.6 Å². The van der Waals surface area contributed by atoms with Gasteiger partial charge in [-0.1, -0.05) is 5.21 Å². The van der Waals surface area contributed by atoms with E-state index in [0.29, 0.717) is 5.06 Å². The smallest absolute Gasteiger partial charge is 0.225 e. The molecule has 0 fully saturated rings. The molecular formula is C5H9N4O. The predicted octanol–water partition coefficient (Wildman–Crippen LogP) is -0.282. The lowest BCUT2D eigenvalue weighted by Crippen LogP contribution is -2.45. The highest BCUT2D eigenvalue weighted by Gasteiger charge is 2.39. The fraction of sp³-hybridized carbons (Fsp3) is 0.600. The van der Waals surface area contributed by atoms with E-state index in [1.807, 2.05) is 0 Å². The quantitative estimate of drug-likeness (QED) is 0.486. The summed E-state index contributed by atoms with van der Waals surface area (Å²) in [7, 11) is 0. The number of nitrogens with one attached hydrogen (secondary N) is 1. The molecule has 0 atom stereocenters. The van der Waals surface area contributed by atoms with Gasteiger partial charge in [0.25, 0.3) is 0 Å². The zero-order valence-electron chi connectivity index (χ0n) is 5.88. The topological polar surface area (TPSA) is 85.4 Å². The molecular weight excluding hydrogens is 132 g/mol. The van der Waals surface area contributed by atoms with Crippen molar-refractivity contribution in [3.8, 4) is 0 Å². The van der Waals surface area contributed by atoms with Crippen LogP contribution in [0.1, 0.15) is 13.8 Å². The lowest BCUT2D eigenvalue weighted by molar-refractivity contribution is -0.128. The molecule has 0 amide bonds. The third-order valence-electron chi connectivity index (χ3n) is 1.52. The van der Waals surface area contributed by atoms with Crippen molar-refractivity contribution >= 4 is 11.8 Å². The molecule has 1 heterocycles. The molecule has 0 saturated carbocycles. The van der Waals surface area contributed by atoms with Crippen molar-refractivity contribution in [2.24, 2.45) is 10.7 Å². The van der Waals surface area contributed by atoms with Gasteiger partial charge in [-0.05, 0) is 13.8 Å². The second kappa shape index (κ2) is 1.69. The third-order valence-corrected chi connectivity index (χ3v) is 1.52. The summed E-state index contributed by atoms with van der Waals surface area (Å²) in [6.07, 6.45) is 0. The maximum absolute atomic E-state index is 11.0. The van der Waals surface area contributed by atoms with Crippen molar-refractivity contribution in [1.82, 2.24) is 5.06 Å². The van der Waals surface area contributed by atoms with E-state index in [1.165, 1.54) is 0 Å². The number of amidine groups is 1. The Balaban J connectivity index is 2.98. The normalized spacial score (nSPS) is 23.3. The van der Waals surface area contributed by atoms with Gasteiger partial charge in [-0.15, -0.1) is 0 Å². The Bertz CT molecular complexity index is 208. The molecule has 0 aromatic heterocycles. The molecule has 5 nitrogen and oxygen atoms in total. The van der Waals surface area contributed by atoms with Crippen molar-refractivity contribution < 1.29 is 5.21 Å². The van der Waals surface area contributed by atoms with Crippen LogP contribution in [-0.2, 0) is 5.21 Å². The summed E-state index contributed by atoms with van der Waals surface area (Å²) in [4.78, 5) is 3.51. The number of rotatable bonds is 0. The van der Waals surface area contributed by atoms with Crippen molar-refractivity contribution in [3.63, 3.8) is 0 Å². The molecule has 1 rings (SSSR count). The summed E-state index contributed by atoms with van der Waals surface area (Å²) in [5, 5.41) is 18.7. The minimum Gasteiger partial charge on any atom is -0.368 e. The van der Waals surface area contributed by atoms with Crippen LogP contribution in [0, 0.1) is 5.41 Å². The van der Waals surface area contributed by atoms with Crippen LogP contribution in [0.4, 0.5) is 0 Å². The predicted molar refractivity (Wildman–Crippen MR) is 36.0 cm³/mol. The van der Waals surface area contributed by atoms with Crippen molar-refractivity contribution in [2.45, 2.75) is 19.4 Å². The van der Waals surface area contributed by atoms with Crippen LogP contribution in [0.25, 0.3) is 0 Å². The monoisotopic (exact) mass is 141 g/mol. The summed E-state index contributed by atoms with van der Waals surface area (Å²) < 4.78 is 0. The molecule has 1 radical (unpaired) electrons. The van der Waals surface area contributed by atoms with Crippen LogP contribution in [-0.4, -0.2) is 22.4 Å². The number of guanidine groups is 1. The van der Waals surface area contributed by atoms with Gasteiger partial charge in [0.1, 0.15) is 5.54 Å². The van der Waals surface area contributed by atoms with Gasteiger partial charge >= 0.3 is 0 Å². The van der Waals surface area contributed by atoms with E-state index in [0.717, 1.165) is 0 Å².